The molecule has 0 aromatic carbocycles. The Morgan fingerprint density at radius 2 is 0.762 bits per heavy atom. The molecular formula is C17H9F23O2. The molecule has 0 unspecified atom stereocenters. The molecule has 0 bridgehead atoms. The minimum atomic E-state index is -9.51. The predicted molar refractivity (Wildman–Crippen MR) is 85.9 cm³/mol. The maximum absolute atomic E-state index is 13.7. The molecule has 0 aliphatic heterocycles. The summed E-state index contributed by atoms with van der Waals surface area (Å²) in [4.78, 5) is 10.9. The molecule has 0 fully saturated rings. The van der Waals surface area contributed by atoms with Crippen molar-refractivity contribution in [1.82, 2.24) is 0 Å². The molecule has 0 aromatic heterocycles. The maximum Gasteiger partial charge on any atom is 0.438 e. The summed E-state index contributed by atoms with van der Waals surface area (Å²) in [6.07, 6.45) is -20.2. The van der Waals surface area contributed by atoms with Gasteiger partial charge in [0.2, 0.25) is 0 Å². The van der Waals surface area contributed by atoms with Crippen LogP contribution in [0, 0.1) is 0 Å². The van der Waals surface area contributed by atoms with Crippen LogP contribution in [0.15, 0.2) is 12.2 Å². The van der Waals surface area contributed by atoms with Gasteiger partial charge in [-0.1, -0.05) is 6.58 Å². The SMILES string of the molecule is C=C(C)C(=O)OCCC(F)(F)C(F)(F)C(F)(F)C(F)(F)C(F)(F)C(F)(F)C(F)(F)C(F)(F)C(F)(C(F)(F)F)C(F)(F)F. The summed E-state index contributed by atoms with van der Waals surface area (Å²) < 4.78 is 310. The molecule has 0 atom stereocenters. The van der Waals surface area contributed by atoms with Gasteiger partial charge in [0, 0.05) is 5.57 Å². The van der Waals surface area contributed by atoms with Gasteiger partial charge in [0.25, 0.3) is 0 Å². The first-order valence-corrected chi connectivity index (χ1v) is 9.50. The Balaban J connectivity index is 7.07. The lowest BCUT2D eigenvalue weighted by atomic mass is 9.82. The number of rotatable bonds is 12. The number of ether oxygens (including phenoxy) is 1. The van der Waals surface area contributed by atoms with Crippen molar-refractivity contribution in [2.75, 3.05) is 6.61 Å². The lowest BCUT2D eigenvalue weighted by molar-refractivity contribution is -0.481. The van der Waals surface area contributed by atoms with Crippen molar-refractivity contribution in [2.45, 2.75) is 78.7 Å². The summed E-state index contributed by atoms with van der Waals surface area (Å²) in [5, 5.41) is 0. The Morgan fingerprint density at radius 3 is 1.02 bits per heavy atom. The number of esters is 1. The number of carbonyl (C=O) groups is 1. The molecule has 42 heavy (non-hydrogen) atoms. The maximum atomic E-state index is 13.7. The third-order valence-corrected chi connectivity index (χ3v) is 5.04. The van der Waals surface area contributed by atoms with E-state index in [1.165, 1.54) is 0 Å². The minimum absolute atomic E-state index is 0.727. The molecular weight excluding hydrogens is 673 g/mol. The van der Waals surface area contributed by atoms with Gasteiger partial charge < -0.3 is 4.74 Å². The third kappa shape index (κ3) is 5.18. The summed E-state index contributed by atoms with van der Waals surface area (Å²) in [5.74, 6) is -72.7. The highest BCUT2D eigenvalue weighted by Gasteiger charge is 2.99. The summed E-state index contributed by atoms with van der Waals surface area (Å²) in [5.41, 5.74) is -9.78. The average Bonchev–Trinajstić information content (AvgIpc) is 2.75. The highest BCUT2D eigenvalue weighted by Crippen LogP contribution is 2.67. The lowest BCUT2D eigenvalue weighted by Crippen LogP contribution is -2.79. The van der Waals surface area contributed by atoms with Crippen LogP contribution in [-0.4, -0.2) is 78.0 Å². The Labute approximate surface area is 215 Å². The summed E-state index contributed by atoms with van der Waals surface area (Å²) in [7, 11) is 0. The molecule has 0 heterocycles. The van der Waals surface area contributed by atoms with Gasteiger partial charge in [-0.05, 0) is 6.92 Å². The van der Waals surface area contributed by atoms with E-state index >= 15 is 0 Å². The van der Waals surface area contributed by atoms with Gasteiger partial charge in [-0.25, -0.2) is 9.18 Å². The number of halogens is 23. The van der Waals surface area contributed by atoms with E-state index in [1.54, 1.807) is 0 Å². The molecule has 0 spiro atoms. The first-order valence-electron chi connectivity index (χ1n) is 9.50. The van der Waals surface area contributed by atoms with Crippen LogP contribution in [0.3, 0.4) is 0 Å². The molecule has 0 rings (SSSR count). The van der Waals surface area contributed by atoms with Crippen LogP contribution in [0.1, 0.15) is 13.3 Å². The first-order chi connectivity index (χ1) is 17.8. The van der Waals surface area contributed by atoms with Crippen molar-refractivity contribution < 1.29 is 111 Å². The van der Waals surface area contributed by atoms with Gasteiger partial charge >= 0.3 is 71.4 Å². The van der Waals surface area contributed by atoms with E-state index < -0.39 is 90.0 Å². The third-order valence-electron chi connectivity index (χ3n) is 5.04. The van der Waals surface area contributed by atoms with Crippen LogP contribution in [0.5, 0.6) is 0 Å². The van der Waals surface area contributed by atoms with Gasteiger partial charge in [-0.15, -0.1) is 0 Å². The van der Waals surface area contributed by atoms with Crippen LogP contribution in [0.25, 0.3) is 0 Å². The summed E-state index contributed by atoms with van der Waals surface area (Å²) in [6, 6.07) is 0. The van der Waals surface area contributed by atoms with Crippen LogP contribution in [0.2, 0.25) is 0 Å². The zero-order valence-corrected chi connectivity index (χ0v) is 19.1. The van der Waals surface area contributed by atoms with Crippen molar-refractivity contribution in [3.63, 3.8) is 0 Å². The Bertz CT molecular complexity index is 1000. The van der Waals surface area contributed by atoms with Gasteiger partial charge in [-0.2, -0.15) is 96.6 Å². The minimum Gasteiger partial charge on any atom is -0.462 e. The van der Waals surface area contributed by atoms with E-state index in [9.17, 15) is 106 Å². The number of carbonyl (C=O) groups excluding carboxylic acids is 1. The molecule has 0 saturated heterocycles. The predicted octanol–water partition coefficient (Wildman–Crippen LogP) is 8.41. The zero-order valence-electron chi connectivity index (χ0n) is 19.1. The van der Waals surface area contributed by atoms with Crippen molar-refractivity contribution in [3.8, 4) is 0 Å². The topological polar surface area (TPSA) is 26.3 Å². The standard InChI is InChI=1S/C17H9F23O2/c1-5(2)6(41)42-4-3-7(18,19)9(21,22)11(25,26)13(29,30)15(33,34)14(31,32)12(27,28)10(23,24)8(20,16(35,36)37)17(38,39)40/h1,3-4H2,2H3. The van der Waals surface area contributed by atoms with Crippen molar-refractivity contribution in [1.29, 1.82) is 0 Å². The van der Waals surface area contributed by atoms with Crippen LogP contribution < -0.4 is 0 Å². The van der Waals surface area contributed by atoms with Crippen LogP contribution >= 0.6 is 0 Å². The van der Waals surface area contributed by atoms with E-state index in [1.807, 2.05) is 0 Å². The van der Waals surface area contributed by atoms with E-state index in [4.69, 9.17) is 0 Å². The normalized spacial score (nSPS) is 16.0. The fourth-order valence-electron chi connectivity index (χ4n) is 2.50. The second kappa shape index (κ2) is 10.4. The molecule has 0 aromatic rings. The fourth-order valence-corrected chi connectivity index (χ4v) is 2.50. The zero-order chi connectivity index (χ0) is 34.8. The highest BCUT2D eigenvalue weighted by molar-refractivity contribution is 5.86. The van der Waals surface area contributed by atoms with E-state index in [0.717, 1.165) is 6.92 Å². The molecule has 0 radical (unpaired) electrons. The largest absolute Gasteiger partial charge is 0.462 e. The van der Waals surface area contributed by atoms with Crippen molar-refractivity contribution in [3.05, 3.63) is 12.2 Å². The van der Waals surface area contributed by atoms with Crippen molar-refractivity contribution in [2.24, 2.45) is 0 Å². The molecule has 0 saturated carbocycles. The Kier molecular flexibility index (Phi) is 9.76. The molecule has 0 amide bonds. The number of hydrogen-bond donors (Lipinski definition) is 0. The number of hydrogen-bond acceptors (Lipinski definition) is 2. The Hall–Kier alpha value is -2.40. The first kappa shape index (κ1) is 39.6. The number of alkyl halides is 23. The summed E-state index contributed by atoms with van der Waals surface area (Å²) in [6.45, 7) is 1.30. The Morgan fingerprint density at radius 1 is 0.500 bits per heavy atom. The molecule has 250 valence electrons. The quantitative estimate of drug-likeness (QED) is 0.118. The fraction of sp³-hybridized carbons (Fsp3) is 0.824. The van der Waals surface area contributed by atoms with Crippen LogP contribution in [0.4, 0.5) is 101 Å². The second-order valence-corrected chi connectivity index (χ2v) is 8.05. The van der Waals surface area contributed by atoms with Gasteiger partial charge in [0.1, 0.15) is 0 Å². The van der Waals surface area contributed by atoms with Gasteiger partial charge in [-0.3, -0.25) is 0 Å². The van der Waals surface area contributed by atoms with Crippen molar-refractivity contribution >= 4 is 5.97 Å². The monoisotopic (exact) mass is 682 g/mol. The van der Waals surface area contributed by atoms with E-state index in [2.05, 4.69) is 11.3 Å². The van der Waals surface area contributed by atoms with E-state index in [-0.39, 0.29) is 0 Å². The average molecular weight is 682 g/mol. The molecule has 0 aliphatic rings. The highest BCUT2D eigenvalue weighted by atomic mass is 19.4. The van der Waals surface area contributed by atoms with Gasteiger partial charge in [0.05, 0.1) is 13.0 Å². The molecule has 0 aliphatic carbocycles. The summed E-state index contributed by atoms with van der Waals surface area (Å²) >= 11 is 0. The lowest BCUT2D eigenvalue weighted by Gasteiger charge is -2.46. The smallest absolute Gasteiger partial charge is 0.438 e. The molecule has 25 heteroatoms. The molecule has 0 N–H and O–H groups in total. The second-order valence-electron chi connectivity index (χ2n) is 8.05. The molecule has 2 nitrogen and oxygen atoms in total. The van der Waals surface area contributed by atoms with Gasteiger partial charge in [0.15, 0.2) is 0 Å². The van der Waals surface area contributed by atoms with E-state index in [0.29, 0.717) is 0 Å². The van der Waals surface area contributed by atoms with Crippen LogP contribution in [-0.2, 0) is 9.53 Å².